The number of nitrogens with zero attached hydrogens (tertiary/aromatic N) is 1. The molecule has 7 heteroatoms. The summed E-state index contributed by atoms with van der Waals surface area (Å²) in [5.74, 6) is 1.51. The zero-order valence-corrected chi connectivity index (χ0v) is 18.0. The van der Waals surface area contributed by atoms with Gasteiger partial charge in [0, 0.05) is 36.3 Å². The van der Waals surface area contributed by atoms with Crippen molar-refractivity contribution in [3.63, 3.8) is 0 Å². The van der Waals surface area contributed by atoms with Crippen LogP contribution in [0.3, 0.4) is 0 Å². The molecule has 156 valence electrons. The third-order valence-corrected chi connectivity index (χ3v) is 5.53. The van der Waals surface area contributed by atoms with Crippen LogP contribution in [-0.2, 0) is 4.79 Å². The van der Waals surface area contributed by atoms with Crippen LogP contribution in [0.1, 0.15) is 25.7 Å². The van der Waals surface area contributed by atoms with Crippen LogP contribution in [0.5, 0.6) is 11.5 Å². The van der Waals surface area contributed by atoms with Crippen molar-refractivity contribution >= 4 is 34.8 Å². The van der Waals surface area contributed by atoms with Crippen LogP contribution in [0.4, 0.5) is 5.69 Å². The molecule has 1 aliphatic heterocycles. The number of carbonyl (C=O) groups is 1. The molecule has 0 spiro atoms. The van der Waals surface area contributed by atoms with Crippen LogP contribution < -0.4 is 19.7 Å². The fourth-order valence-electron chi connectivity index (χ4n) is 3.38. The van der Waals surface area contributed by atoms with E-state index in [9.17, 15) is 4.79 Å². The van der Waals surface area contributed by atoms with Crippen LogP contribution >= 0.6 is 23.2 Å². The molecule has 0 unspecified atom stereocenters. The zero-order valence-electron chi connectivity index (χ0n) is 16.5. The van der Waals surface area contributed by atoms with Crippen molar-refractivity contribution in [1.29, 1.82) is 0 Å². The average Bonchev–Trinajstić information content (AvgIpc) is 2.73. The van der Waals surface area contributed by atoms with E-state index in [0.717, 1.165) is 31.7 Å². The summed E-state index contributed by atoms with van der Waals surface area (Å²) < 4.78 is 10.8. The number of carbonyl (C=O) groups excluding carboxylic acids is 1. The summed E-state index contributed by atoms with van der Waals surface area (Å²) in [5, 5.41) is 4.19. The summed E-state index contributed by atoms with van der Waals surface area (Å²) in [5.41, 5.74) is 1.19. The second kappa shape index (κ2) is 10.6. The average molecular weight is 437 g/mol. The molecule has 1 aliphatic rings. The molecule has 1 fully saturated rings. The topological polar surface area (TPSA) is 50.8 Å². The highest BCUT2D eigenvalue weighted by molar-refractivity contribution is 6.35. The molecule has 1 amide bonds. The maximum atomic E-state index is 12.2. The molecule has 1 N–H and O–H groups in total. The first kappa shape index (κ1) is 21.6. The molecular formula is C22H26Cl2N2O3. The zero-order chi connectivity index (χ0) is 20.6. The standard InChI is InChI=1S/C22H26Cl2N2O3/c1-28-19-7-5-18(6-8-19)26-12-10-17(11-13-26)25-22(27)3-2-14-29-21-9-4-16(23)15-20(21)24/h4-9,15,17H,2-3,10-14H2,1H3,(H,25,27). The summed E-state index contributed by atoms with van der Waals surface area (Å²) in [6.45, 7) is 2.29. The van der Waals surface area contributed by atoms with Gasteiger partial charge in [-0.1, -0.05) is 23.2 Å². The molecule has 0 aliphatic carbocycles. The largest absolute Gasteiger partial charge is 0.497 e. The Balaban J connectivity index is 1.34. The van der Waals surface area contributed by atoms with E-state index in [-0.39, 0.29) is 11.9 Å². The fraction of sp³-hybridized carbons (Fsp3) is 0.409. The Kier molecular flexibility index (Phi) is 7.90. The third-order valence-electron chi connectivity index (χ3n) is 5.00. The molecule has 0 radical (unpaired) electrons. The molecule has 0 bridgehead atoms. The minimum atomic E-state index is 0.0682. The first-order chi connectivity index (χ1) is 14.0. The number of amides is 1. The van der Waals surface area contributed by atoms with Crippen molar-refractivity contribution in [3.05, 3.63) is 52.5 Å². The van der Waals surface area contributed by atoms with E-state index < -0.39 is 0 Å². The number of hydrogen-bond acceptors (Lipinski definition) is 4. The molecule has 5 nitrogen and oxygen atoms in total. The van der Waals surface area contributed by atoms with Gasteiger partial charge in [-0.2, -0.15) is 0 Å². The maximum Gasteiger partial charge on any atom is 0.220 e. The number of piperidine rings is 1. The first-order valence-corrected chi connectivity index (χ1v) is 10.6. The Morgan fingerprint density at radius 1 is 1.14 bits per heavy atom. The second-order valence-corrected chi connectivity index (χ2v) is 7.90. The van der Waals surface area contributed by atoms with Gasteiger partial charge in [-0.05, 0) is 61.7 Å². The molecule has 0 atom stereocenters. The van der Waals surface area contributed by atoms with Gasteiger partial charge in [-0.3, -0.25) is 4.79 Å². The van der Waals surface area contributed by atoms with Crippen molar-refractivity contribution in [1.82, 2.24) is 5.32 Å². The van der Waals surface area contributed by atoms with Gasteiger partial charge in [0.1, 0.15) is 11.5 Å². The van der Waals surface area contributed by atoms with Crippen molar-refractivity contribution in [2.75, 3.05) is 31.7 Å². The lowest BCUT2D eigenvalue weighted by Crippen LogP contribution is -2.44. The van der Waals surface area contributed by atoms with E-state index in [4.69, 9.17) is 32.7 Å². The molecule has 3 rings (SSSR count). The Labute approximate surface area is 181 Å². The van der Waals surface area contributed by atoms with Crippen LogP contribution in [0, 0.1) is 0 Å². The van der Waals surface area contributed by atoms with E-state index >= 15 is 0 Å². The highest BCUT2D eigenvalue weighted by Gasteiger charge is 2.20. The number of nitrogens with one attached hydrogen (secondary N) is 1. The lowest BCUT2D eigenvalue weighted by atomic mass is 10.0. The summed E-state index contributed by atoms with van der Waals surface area (Å²) in [7, 11) is 1.67. The van der Waals surface area contributed by atoms with E-state index in [2.05, 4.69) is 22.3 Å². The smallest absolute Gasteiger partial charge is 0.220 e. The molecule has 0 saturated carbocycles. The van der Waals surface area contributed by atoms with Crippen molar-refractivity contribution in [2.24, 2.45) is 0 Å². The van der Waals surface area contributed by atoms with Gasteiger partial charge in [0.05, 0.1) is 18.7 Å². The molecule has 2 aromatic rings. The second-order valence-electron chi connectivity index (χ2n) is 7.05. The van der Waals surface area contributed by atoms with Crippen LogP contribution in [-0.4, -0.2) is 38.8 Å². The molecule has 29 heavy (non-hydrogen) atoms. The molecule has 0 aromatic heterocycles. The van der Waals surface area contributed by atoms with Gasteiger partial charge in [0.25, 0.3) is 0 Å². The normalized spacial score (nSPS) is 14.5. The number of rotatable bonds is 8. The van der Waals surface area contributed by atoms with Gasteiger partial charge in [-0.15, -0.1) is 0 Å². The van der Waals surface area contributed by atoms with Gasteiger partial charge in [0.2, 0.25) is 5.91 Å². The number of benzene rings is 2. The molecular weight excluding hydrogens is 411 g/mol. The van der Waals surface area contributed by atoms with E-state index in [1.54, 1.807) is 25.3 Å². The van der Waals surface area contributed by atoms with Gasteiger partial charge < -0.3 is 19.7 Å². The Bertz CT molecular complexity index is 806. The highest BCUT2D eigenvalue weighted by atomic mass is 35.5. The molecule has 2 aromatic carbocycles. The van der Waals surface area contributed by atoms with E-state index in [1.165, 1.54) is 5.69 Å². The van der Waals surface area contributed by atoms with Crippen LogP contribution in [0.25, 0.3) is 0 Å². The lowest BCUT2D eigenvalue weighted by molar-refractivity contribution is -0.122. The summed E-state index contributed by atoms with van der Waals surface area (Å²) >= 11 is 11.9. The number of hydrogen-bond donors (Lipinski definition) is 1. The minimum absolute atomic E-state index is 0.0682. The summed E-state index contributed by atoms with van der Waals surface area (Å²) in [4.78, 5) is 14.6. The Morgan fingerprint density at radius 3 is 2.52 bits per heavy atom. The monoisotopic (exact) mass is 436 g/mol. The highest BCUT2D eigenvalue weighted by Crippen LogP contribution is 2.27. The predicted molar refractivity (Wildman–Crippen MR) is 118 cm³/mol. The Morgan fingerprint density at radius 2 is 1.86 bits per heavy atom. The van der Waals surface area contributed by atoms with Gasteiger partial charge in [0.15, 0.2) is 0 Å². The van der Waals surface area contributed by atoms with Crippen molar-refractivity contribution in [3.8, 4) is 11.5 Å². The van der Waals surface area contributed by atoms with Crippen LogP contribution in [0.15, 0.2) is 42.5 Å². The van der Waals surface area contributed by atoms with Crippen LogP contribution in [0.2, 0.25) is 10.0 Å². The number of methoxy groups -OCH3 is 1. The summed E-state index contributed by atoms with van der Waals surface area (Å²) in [6, 6.07) is 13.4. The number of anilines is 1. The summed E-state index contributed by atoms with van der Waals surface area (Å²) in [6.07, 6.45) is 2.95. The first-order valence-electron chi connectivity index (χ1n) is 9.81. The maximum absolute atomic E-state index is 12.2. The quantitative estimate of drug-likeness (QED) is 0.594. The van der Waals surface area contributed by atoms with E-state index in [0.29, 0.717) is 35.2 Å². The number of halogens is 2. The molecule has 1 saturated heterocycles. The molecule has 1 heterocycles. The van der Waals surface area contributed by atoms with Crippen molar-refractivity contribution < 1.29 is 14.3 Å². The minimum Gasteiger partial charge on any atom is -0.497 e. The predicted octanol–water partition coefficient (Wildman–Crippen LogP) is 4.95. The number of ether oxygens (including phenoxy) is 2. The third kappa shape index (κ3) is 6.44. The van der Waals surface area contributed by atoms with Gasteiger partial charge in [-0.25, -0.2) is 0 Å². The Hall–Kier alpha value is -2.11. The van der Waals surface area contributed by atoms with E-state index in [1.807, 2.05) is 12.1 Å². The fourth-order valence-corrected chi connectivity index (χ4v) is 3.85. The van der Waals surface area contributed by atoms with Crippen molar-refractivity contribution in [2.45, 2.75) is 31.7 Å². The lowest BCUT2D eigenvalue weighted by Gasteiger charge is -2.34. The van der Waals surface area contributed by atoms with Gasteiger partial charge >= 0.3 is 0 Å². The SMILES string of the molecule is COc1ccc(N2CCC(NC(=O)CCCOc3ccc(Cl)cc3Cl)CC2)cc1.